The van der Waals surface area contributed by atoms with Gasteiger partial charge in [0, 0.05) is 33.3 Å². The van der Waals surface area contributed by atoms with E-state index < -0.39 is 5.97 Å². The fraction of sp³-hybridized carbons (Fsp3) is 0.190. The van der Waals surface area contributed by atoms with Crippen molar-refractivity contribution in [1.29, 1.82) is 0 Å². The Balaban J connectivity index is 1.80. The topological polar surface area (TPSA) is 61.2 Å². The number of aryl methyl sites for hydroxylation is 2. The summed E-state index contributed by atoms with van der Waals surface area (Å²) in [7, 11) is 0. The molecule has 2 aromatic heterocycles. The van der Waals surface area contributed by atoms with Crippen molar-refractivity contribution in [1.82, 2.24) is 9.55 Å². The number of halogens is 1. The average Bonchev–Trinajstić information content (AvgIpc) is 2.97. The molecule has 6 heteroatoms. The third-order valence-electron chi connectivity index (χ3n) is 4.34. The van der Waals surface area contributed by atoms with Gasteiger partial charge >= 0.3 is 5.97 Å². The van der Waals surface area contributed by atoms with Crippen molar-refractivity contribution >= 4 is 27.7 Å². The fourth-order valence-corrected chi connectivity index (χ4v) is 3.22. The Bertz CT molecular complexity index is 1010. The maximum atomic E-state index is 12.6. The van der Waals surface area contributed by atoms with Gasteiger partial charge in [0.2, 0.25) is 5.78 Å². The van der Waals surface area contributed by atoms with Gasteiger partial charge in [-0.2, -0.15) is 0 Å². The van der Waals surface area contributed by atoms with Crippen molar-refractivity contribution in [3.05, 3.63) is 81.3 Å². The highest BCUT2D eigenvalue weighted by Crippen LogP contribution is 2.25. The Hall–Kier alpha value is -2.73. The Kier molecular flexibility index (Phi) is 5.56. The van der Waals surface area contributed by atoms with Gasteiger partial charge in [-0.15, -0.1) is 0 Å². The minimum absolute atomic E-state index is 0.182. The van der Waals surface area contributed by atoms with Crippen LogP contribution in [0.25, 0.3) is 5.69 Å². The van der Waals surface area contributed by atoms with Crippen LogP contribution in [-0.2, 0) is 4.74 Å². The van der Waals surface area contributed by atoms with Crippen LogP contribution >= 0.6 is 15.9 Å². The van der Waals surface area contributed by atoms with Gasteiger partial charge in [0.1, 0.15) is 5.69 Å². The minimum Gasteiger partial charge on any atom is -0.453 e. The number of Topliss-reactive ketones (excluding diaryl/α,β-unsaturated/α-hetero) is 1. The molecule has 3 aromatic rings. The maximum Gasteiger partial charge on any atom is 0.357 e. The molecule has 0 spiro atoms. The van der Waals surface area contributed by atoms with Crippen LogP contribution in [-0.4, -0.2) is 27.9 Å². The molecule has 0 aliphatic heterocycles. The van der Waals surface area contributed by atoms with Crippen molar-refractivity contribution < 1.29 is 14.3 Å². The Morgan fingerprint density at radius 2 is 1.89 bits per heavy atom. The van der Waals surface area contributed by atoms with Crippen molar-refractivity contribution in [3.8, 4) is 5.69 Å². The predicted octanol–water partition coefficient (Wildman–Crippen LogP) is 4.60. The summed E-state index contributed by atoms with van der Waals surface area (Å²) in [5.74, 6) is -0.853. The first-order valence-electron chi connectivity index (χ1n) is 8.45. The molecule has 2 heterocycles. The zero-order valence-electron chi connectivity index (χ0n) is 15.3. The molecule has 0 bridgehead atoms. The van der Waals surface area contributed by atoms with Gasteiger partial charge < -0.3 is 9.30 Å². The lowest BCUT2D eigenvalue weighted by atomic mass is 10.1. The van der Waals surface area contributed by atoms with Crippen molar-refractivity contribution in [2.75, 3.05) is 6.61 Å². The normalized spacial score (nSPS) is 10.7. The lowest BCUT2D eigenvalue weighted by molar-refractivity contribution is 0.0468. The van der Waals surface area contributed by atoms with Gasteiger partial charge in [-0.05, 0) is 62.7 Å². The molecule has 138 valence electrons. The first kappa shape index (κ1) is 19.0. The lowest BCUT2D eigenvalue weighted by Crippen LogP contribution is -2.15. The highest BCUT2D eigenvalue weighted by molar-refractivity contribution is 9.10. The molecule has 0 atom stereocenters. The standard InChI is InChI=1S/C21H19BrN2O3/c1-13-10-16(7-8-18(13)22)24-14(2)11-17(15(24)3)20(25)12-27-21(26)19-6-4-5-9-23-19/h4-11H,12H2,1-3H3. The molecule has 27 heavy (non-hydrogen) atoms. The summed E-state index contributed by atoms with van der Waals surface area (Å²) in [5, 5.41) is 0. The second kappa shape index (κ2) is 7.88. The van der Waals surface area contributed by atoms with Gasteiger partial charge in [-0.25, -0.2) is 9.78 Å². The van der Waals surface area contributed by atoms with Gasteiger partial charge in [0.25, 0.3) is 0 Å². The van der Waals surface area contributed by atoms with Crippen molar-refractivity contribution in [3.63, 3.8) is 0 Å². The molecule has 1 aromatic carbocycles. The van der Waals surface area contributed by atoms with E-state index in [2.05, 4.69) is 27.0 Å². The molecule has 0 N–H and O–H groups in total. The van der Waals surface area contributed by atoms with Crippen LogP contribution in [0.15, 0.2) is 53.1 Å². The Morgan fingerprint density at radius 3 is 2.56 bits per heavy atom. The molecular formula is C21H19BrN2O3. The maximum absolute atomic E-state index is 12.6. The molecule has 0 saturated carbocycles. The van der Waals surface area contributed by atoms with Crippen LogP contribution in [0.3, 0.4) is 0 Å². The zero-order valence-corrected chi connectivity index (χ0v) is 16.9. The largest absolute Gasteiger partial charge is 0.453 e. The SMILES string of the molecule is Cc1cc(-n2c(C)cc(C(=O)COC(=O)c3ccccn3)c2C)ccc1Br. The number of hydrogen-bond donors (Lipinski definition) is 0. The Morgan fingerprint density at radius 1 is 1.11 bits per heavy atom. The van der Waals surface area contributed by atoms with Crippen LogP contribution in [0.4, 0.5) is 0 Å². The molecule has 0 unspecified atom stereocenters. The molecular weight excluding hydrogens is 408 g/mol. The summed E-state index contributed by atoms with van der Waals surface area (Å²) in [6, 6.07) is 12.8. The number of aromatic nitrogens is 2. The number of hydrogen-bond acceptors (Lipinski definition) is 4. The van der Waals surface area contributed by atoms with Gasteiger partial charge in [0.05, 0.1) is 0 Å². The van der Waals surface area contributed by atoms with E-state index in [-0.39, 0.29) is 18.1 Å². The summed E-state index contributed by atoms with van der Waals surface area (Å²) < 4.78 is 8.18. The minimum atomic E-state index is -0.610. The summed E-state index contributed by atoms with van der Waals surface area (Å²) in [4.78, 5) is 28.5. The molecule has 0 aliphatic carbocycles. The summed E-state index contributed by atoms with van der Waals surface area (Å²) >= 11 is 3.50. The van der Waals surface area contributed by atoms with Crippen molar-refractivity contribution in [2.45, 2.75) is 20.8 Å². The van der Waals surface area contributed by atoms with Crippen molar-refractivity contribution in [2.24, 2.45) is 0 Å². The molecule has 0 aliphatic rings. The zero-order chi connectivity index (χ0) is 19.6. The molecule has 0 saturated heterocycles. The highest BCUT2D eigenvalue weighted by atomic mass is 79.9. The summed E-state index contributed by atoms with van der Waals surface area (Å²) in [6.45, 7) is 5.53. The number of rotatable bonds is 5. The molecule has 0 radical (unpaired) electrons. The van der Waals surface area contributed by atoms with E-state index in [1.807, 2.05) is 43.5 Å². The fourth-order valence-electron chi connectivity index (χ4n) is 2.98. The van der Waals surface area contributed by atoms with E-state index in [0.717, 1.165) is 27.1 Å². The van der Waals surface area contributed by atoms with E-state index in [0.29, 0.717) is 5.56 Å². The first-order valence-corrected chi connectivity index (χ1v) is 9.24. The van der Waals surface area contributed by atoms with E-state index in [4.69, 9.17) is 4.74 Å². The number of nitrogens with zero attached hydrogens (tertiary/aromatic N) is 2. The number of ketones is 1. The number of carbonyl (C=O) groups is 2. The number of benzene rings is 1. The smallest absolute Gasteiger partial charge is 0.357 e. The summed E-state index contributed by atoms with van der Waals surface area (Å²) in [5.41, 5.74) is 4.57. The monoisotopic (exact) mass is 426 g/mol. The van der Waals surface area contributed by atoms with Crippen LogP contribution in [0.5, 0.6) is 0 Å². The second-order valence-electron chi connectivity index (χ2n) is 6.27. The van der Waals surface area contributed by atoms with Crippen LogP contribution in [0.2, 0.25) is 0 Å². The highest BCUT2D eigenvalue weighted by Gasteiger charge is 2.19. The predicted molar refractivity (Wildman–Crippen MR) is 107 cm³/mol. The van der Waals surface area contributed by atoms with E-state index in [1.165, 1.54) is 6.20 Å². The van der Waals surface area contributed by atoms with E-state index in [9.17, 15) is 9.59 Å². The number of pyridine rings is 1. The second-order valence-corrected chi connectivity index (χ2v) is 7.12. The van der Waals surface area contributed by atoms with Gasteiger partial charge in [0.15, 0.2) is 6.61 Å². The van der Waals surface area contributed by atoms with Gasteiger partial charge in [-0.1, -0.05) is 22.0 Å². The third kappa shape index (κ3) is 4.01. The summed E-state index contributed by atoms with van der Waals surface area (Å²) in [6.07, 6.45) is 1.51. The van der Waals surface area contributed by atoms with Crippen LogP contribution in [0.1, 0.15) is 37.8 Å². The van der Waals surface area contributed by atoms with Gasteiger partial charge in [-0.3, -0.25) is 4.79 Å². The van der Waals surface area contributed by atoms with E-state index >= 15 is 0 Å². The van der Waals surface area contributed by atoms with E-state index in [1.54, 1.807) is 18.2 Å². The quantitative estimate of drug-likeness (QED) is 0.441. The number of carbonyl (C=O) groups excluding carboxylic acids is 2. The number of ether oxygens (including phenoxy) is 1. The molecule has 5 nitrogen and oxygen atoms in total. The first-order chi connectivity index (χ1) is 12.9. The number of esters is 1. The molecule has 0 amide bonds. The Labute approximate surface area is 166 Å². The third-order valence-corrected chi connectivity index (χ3v) is 5.23. The average molecular weight is 427 g/mol. The van der Waals surface area contributed by atoms with Crippen LogP contribution in [0, 0.1) is 20.8 Å². The lowest BCUT2D eigenvalue weighted by Gasteiger charge is -2.11. The van der Waals surface area contributed by atoms with Crippen LogP contribution < -0.4 is 0 Å². The molecule has 3 rings (SSSR count). The molecule has 0 fully saturated rings.